The molecule has 0 saturated heterocycles. The smallest absolute Gasteiger partial charge is 0.171 e. The largest absolute Gasteiger partial charge is 0.490 e. The molecule has 0 bridgehead atoms. The maximum absolute atomic E-state index is 6.32. The second kappa shape index (κ2) is 8.29. The van der Waals surface area contributed by atoms with Crippen LogP contribution in [-0.2, 0) is 0 Å². The number of rotatable bonds is 8. The second-order valence-electron chi connectivity index (χ2n) is 6.11. The van der Waals surface area contributed by atoms with Gasteiger partial charge in [-0.05, 0) is 18.6 Å². The first-order chi connectivity index (χ1) is 11.8. The molecule has 3 rings (SSSR count). The number of fused-ring (bicyclic) bond motifs is 3. The van der Waals surface area contributed by atoms with Gasteiger partial charge in [-0.2, -0.15) is 0 Å². The number of ether oxygens (including phenoxy) is 1. The molecule has 0 aliphatic carbocycles. The van der Waals surface area contributed by atoms with E-state index in [4.69, 9.17) is 16.3 Å². The van der Waals surface area contributed by atoms with Gasteiger partial charge in [0.15, 0.2) is 10.9 Å². The summed E-state index contributed by atoms with van der Waals surface area (Å²) in [5, 5.41) is 2.48. The third-order valence-electron chi connectivity index (χ3n) is 4.23. The van der Waals surface area contributed by atoms with Crippen molar-refractivity contribution in [2.45, 2.75) is 45.4 Å². The molecule has 0 fully saturated rings. The normalized spacial score (nSPS) is 11.2. The summed E-state index contributed by atoms with van der Waals surface area (Å²) in [6.07, 6.45) is 9.22. The number of pyridine rings is 2. The van der Waals surface area contributed by atoms with Gasteiger partial charge >= 0.3 is 0 Å². The molecule has 4 heteroatoms. The van der Waals surface area contributed by atoms with E-state index in [1.807, 2.05) is 24.3 Å². The molecule has 0 aliphatic rings. The quantitative estimate of drug-likeness (QED) is 0.278. The lowest BCUT2D eigenvalue weighted by atomic mass is 10.1. The van der Waals surface area contributed by atoms with Gasteiger partial charge in [-0.25, -0.2) is 4.98 Å². The number of hydrogen-bond donors (Lipinski definition) is 0. The highest BCUT2D eigenvalue weighted by Gasteiger charge is 2.09. The summed E-state index contributed by atoms with van der Waals surface area (Å²) in [5.41, 5.74) is 1.70. The molecule has 0 radical (unpaired) electrons. The van der Waals surface area contributed by atoms with Crippen LogP contribution in [0.2, 0.25) is 5.15 Å². The van der Waals surface area contributed by atoms with Gasteiger partial charge in [0.2, 0.25) is 0 Å². The SMILES string of the molecule is CCCCCCCCOc1cc2ccc3cccnc3c2nc1Cl. The summed E-state index contributed by atoms with van der Waals surface area (Å²) in [5.74, 6) is 0.660. The molecule has 2 aromatic heterocycles. The van der Waals surface area contributed by atoms with E-state index < -0.39 is 0 Å². The van der Waals surface area contributed by atoms with E-state index in [2.05, 4.69) is 23.0 Å². The number of halogens is 1. The lowest BCUT2D eigenvalue weighted by Crippen LogP contribution is -1.99. The monoisotopic (exact) mass is 342 g/mol. The van der Waals surface area contributed by atoms with Crippen molar-refractivity contribution in [2.24, 2.45) is 0 Å². The molecule has 1 aromatic carbocycles. The van der Waals surface area contributed by atoms with Crippen LogP contribution in [0.1, 0.15) is 45.4 Å². The highest BCUT2D eigenvalue weighted by molar-refractivity contribution is 6.31. The van der Waals surface area contributed by atoms with E-state index in [-0.39, 0.29) is 0 Å². The van der Waals surface area contributed by atoms with Gasteiger partial charge in [-0.1, -0.05) is 68.8 Å². The van der Waals surface area contributed by atoms with E-state index in [1.54, 1.807) is 6.20 Å². The van der Waals surface area contributed by atoms with Crippen LogP contribution in [0, 0.1) is 0 Å². The molecular weight excluding hydrogens is 320 g/mol. The van der Waals surface area contributed by atoms with Crippen LogP contribution >= 0.6 is 11.6 Å². The maximum atomic E-state index is 6.32. The summed E-state index contributed by atoms with van der Waals surface area (Å²) in [6, 6.07) is 10.0. The number of aromatic nitrogens is 2. The summed E-state index contributed by atoms with van der Waals surface area (Å²) in [6.45, 7) is 2.92. The first-order valence-corrected chi connectivity index (χ1v) is 9.14. The van der Waals surface area contributed by atoms with Crippen molar-refractivity contribution >= 4 is 33.4 Å². The highest BCUT2D eigenvalue weighted by atomic mass is 35.5. The molecule has 0 unspecified atom stereocenters. The minimum Gasteiger partial charge on any atom is -0.490 e. The zero-order chi connectivity index (χ0) is 16.8. The Morgan fingerprint density at radius 2 is 1.75 bits per heavy atom. The van der Waals surface area contributed by atoms with Crippen LogP contribution in [0.4, 0.5) is 0 Å². The van der Waals surface area contributed by atoms with Crippen molar-refractivity contribution in [3.8, 4) is 5.75 Å². The summed E-state index contributed by atoms with van der Waals surface area (Å²) in [4.78, 5) is 8.95. The van der Waals surface area contributed by atoms with Crippen LogP contribution in [0.25, 0.3) is 21.8 Å². The fourth-order valence-corrected chi connectivity index (χ4v) is 3.09. The summed E-state index contributed by atoms with van der Waals surface area (Å²) < 4.78 is 5.85. The molecule has 0 amide bonds. The van der Waals surface area contributed by atoms with Gasteiger partial charge in [-0.15, -0.1) is 0 Å². The Morgan fingerprint density at radius 1 is 0.958 bits per heavy atom. The van der Waals surface area contributed by atoms with E-state index in [1.165, 1.54) is 32.1 Å². The Kier molecular flexibility index (Phi) is 5.86. The van der Waals surface area contributed by atoms with Crippen LogP contribution in [0.5, 0.6) is 5.75 Å². The summed E-state index contributed by atoms with van der Waals surface area (Å²) >= 11 is 6.32. The van der Waals surface area contributed by atoms with Crippen molar-refractivity contribution < 1.29 is 4.74 Å². The minimum atomic E-state index is 0.409. The zero-order valence-corrected chi connectivity index (χ0v) is 14.9. The average molecular weight is 343 g/mol. The zero-order valence-electron chi connectivity index (χ0n) is 14.1. The van der Waals surface area contributed by atoms with Crippen molar-refractivity contribution in [3.05, 3.63) is 41.7 Å². The fraction of sp³-hybridized carbons (Fsp3) is 0.400. The van der Waals surface area contributed by atoms with Gasteiger partial charge in [0.05, 0.1) is 17.6 Å². The van der Waals surface area contributed by atoms with E-state index in [0.717, 1.165) is 28.2 Å². The van der Waals surface area contributed by atoms with Crippen molar-refractivity contribution in [1.82, 2.24) is 9.97 Å². The number of benzene rings is 1. The van der Waals surface area contributed by atoms with Gasteiger partial charge in [0.1, 0.15) is 0 Å². The Balaban J connectivity index is 1.69. The Labute approximate surface area is 148 Å². The first-order valence-electron chi connectivity index (χ1n) is 8.76. The van der Waals surface area contributed by atoms with Gasteiger partial charge in [0, 0.05) is 17.0 Å². The predicted octanol–water partition coefficient (Wildman–Crippen LogP) is 6.18. The van der Waals surface area contributed by atoms with E-state index in [0.29, 0.717) is 17.5 Å². The van der Waals surface area contributed by atoms with Crippen LogP contribution in [-0.4, -0.2) is 16.6 Å². The molecule has 0 N–H and O–H groups in total. The van der Waals surface area contributed by atoms with E-state index in [9.17, 15) is 0 Å². The third-order valence-corrected chi connectivity index (χ3v) is 4.51. The van der Waals surface area contributed by atoms with Crippen LogP contribution in [0.3, 0.4) is 0 Å². The lowest BCUT2D eigenvalue weighted by molar-refractivity contribution is 0.304. The molecule has 24 heavy (non-hydrogen) atoms. The molecule has 0 saturated carbocycles. The Hall–Kier alpha value is -1.87. The number of hydrogen-bond acceptors (Lipinski definition) is 3. The molecule has 3 nitrogen and oxygen atoms in total. The average Bonchev–Trinajstić information content (AvgIpc) is 2.61. The maximum Gasteiger partial charge on any atom is 0.171 e. The second-order valence-corrected chi connectivity index (χ2v) is 6.46. The lowest BCUT2D eigenvalue weighted by Gasteiger charge is -2.10. The van der Waals surface area contributed by atoms with Crippen molar-refractivity contribution in [2.75, 3.05) is 6.61 Å². The summed E-state index contributed by atoms with van der Waals surface area (Å²) in [7, 11) is 0. The molecule has 126 valence electrons. The predicted molar refractivity (Wildman–Crippen MR) is 101 cm³/mol. The van der Waals surface area contributed by atoms with Gasteiger partial charge in [0.25, 0.3) is 0 Å². The van der Waals surface area contributed by atoms with Gasteiger partial charge in [-0.3, -0.25) is 4.98 Å². The minimum absolute atomic E-state index is 0.409. The number of nitrogens with zero attached hydrogens (tertiary/aromatic N) is 2. The molecule has 3 aromatic rings. The highest BCUT2D eigenvalue weighted by Crippen LogP contribution is 2.30. The molecule has 0 atom stereocenters. The van der Waals surface area contributed by atoms with Gasteiger partial charge < -0.3 is 4.74 Å². The Morgan fingerprint density at radius 3 is 2.62 bits per heavy atom. The topological polar surface area (TPSA) is 35.0 Å². The number of unbranched alkanes of at least 4 members (excludes halogenated alkanes) is 5. The molecule has 0 spiro atoms. The van der Waals surface area contributed by atoms with Crippen LogP contribution < -0.4 is 4.74 Å². The van der Waals surface area contributed by atoms with E-state index >= 15 is 0 Å². The first kappa shape index (κ1) is 17.0. The van der Waals surface area contributed by atoms with Crippen molar-refractivity contribution in [3.63, 3.8) is 0 Å². The molecule has 2 heterocycles. The standard InChI is InChI=1S/C20H23ClN2O/c1-2-3-4-5-6-7-13-24-17-14-16-11-10-15-9-8-12-22-18(15)19(16)23-20(17)21/h8-12,14H,2-7,13H2,1H3. The van der Waals surface area contributed by atoms with Crippen molar-refractivity contribution in [1.29, 1.82) is 0 Å². The molecular formula is C20H23ClN2O. The fourth-order valence-electron chi connectivity index (χ4n) is 2.90. The molecule has 0 aliphatic heterocycles. The van der Waals surface area contributed by atoms with Crippen LogP contribution in [0.15, 0.2) is 36.5 Å². The third kappa shape index (κ3) is 3.96. The Bertz CT molecular complexity index is 819.